The van der Waals surface area contributed by atoms with Crippen LogP contribution in [0.1, 0.15) is 32.3 Å². The van der Waals surface area contributed by atoms with Crippen LogP contribution in [0.4, 0.5) is 0 Å². The van der Waals surface area contributed by atoms with Crippen LogP contribution < -0.4 is 5.32 Å². The molecule has 0 saturated heterocycles. The summed E-state index contributed by atoms with van der Waals surface area (Å²) in [6.07, 6.45) is 0.815. The number of amides is 2. The van der Waals surface area contributed by atoms with Gasteiger partial charge < -0.3 is 15.2 Å². The van der Waals surface area contributed by atoms with Gasteiger partial charge in [0, 0.05) is 19.4 Å². The lowest BCUT2D eigenvalue weighted by molar-refractivity contribution is -0.180. The third-order valence-electron chi connectivity index (χ3n) is 3.98. The number of carbonyl (C=O) groups excluding carboxylic acids is 2. The number of rotatable bonds is 12. The second kappa shape index (κ2) is 13.0. The van der Waals surface area contributed by atoms with E-state index in [0.717, 1.165) is 0 Å². The van der Waals surface area contributed by atoms with Gasteiger partial charge in [-0.3, -0.25) is 14.8 Å². The molecular formula is C19H28Cl2N2O5. The van der Waals surface area contributed by atoms with Crippen molar-refractivity contribution in [1.29, 1.82) is 0 Å². The van der Waals surface area contributed by atoms with Gasteiger partial charge >= 0.3 is 0 Å². The van der Waals surface area contributed by atoms with Crippen LogP contribution in [-0.2, 0) is 20.7 Å². The third-order valence-corrected chi connectivity index (χ3v) is 4.72. The van der Waals surface area contributed by atoms with Gasteiger partial charge in [0.15, 0.2) is 0 Å². The molecule has 0 aromatic heterocycles. The first kappa shape index (κ1) is 24.7. The first-order valence-corrected chi connectivity index (χ1v) is 9.93. The first-order valence-electron chi connectivity index (χ1n) is 9.17. The number of aliphatic hydroxyl groups is 1. The molecule has 28 heavy (non-hydrogen) atoms. The molecule has 158 valence electrons. The molecule has 1 rings (SSSR count). The Morgan fingerprint density at radius 1 is 1.21 bits per heavy atom. The summed E-state index contributed by atoms with van der Waals surface area (Å²) in [5.41, 5.74) is 0.654. The summed E-state index contributed by atoms with van der Waals surface area (Å²) in [6.45, 7) is 4.40. The molecule has 0 radical (unpaired) electrons. The van der Waals surface area contributed by atoms with E-state index in [1.807, 2.05) is 13.8 Å². The number of aliphatic hydroxyl groups excluding tert-OH is 1. The van der Waals surface area contributed by atoms with Crippen molar-refractivity contribution in [2.24, 2.45) is 5.92 Å². The number of ether oxygens (including phenoxy) is 1. The Morgan fingerprint density at radius 3 is 2.54 bits per heavy atom. The minimum absolute atomic E-state index is 0.0735. The molecule has 2 amide bonds. The van der Waals surface area contributed by atoms with E-state index in [0.29, 0.717) is 33.0 Å². The minimum Gasteiger partial charge on any atom is -0.394 e. The van der Waals surface area contributed by atoms with Crippen molar-refractivity contribution in [2.75, 3.05) is 26.4 Å². The van der Waals surface area contributed by atoms with E-state index in [1.54, 1.807) is 18.2 Å². The number of halogens is 2. The largest absolute Gasteiger partial charge is 0.394 e. The maximum Gasteiger partial charge on any atom is 0.246 e. The van der Waals surface area contributed by atoms with Crippen molar-refractivity contribution in [3.05, 3.63) is 33.8 Å². The molecule has 1 aromatic carbocycles. The maximum absolute atomic E-state index is 12.6. The Morgan fingerprint density at radius 2 is 1.93 bits per heavy atom. The number of nitrogens with zero attached hydrogens (tertiary/aromatic N) is 1. The van der Waals surface area contributed by atoms with E-state index >= 15 is 0 Å². The van der Waals surface area contributed by atoms with Crippen LogP contribution in [-0.4, -0.2) is 59.6 Å². The predicted octanol–water partition coefficient (Wildman–Crippen LogP) is 2.68. The maximum atomic E-state index is 12.6. The quantitative estimate of drug-likeness (QED) is 0.266. The lowest BCUT2D eigenvalue weighted by Crippen LogP contribution is -2.49. The van der Waals surface area contributed by atoms with Crippen LogP contribution >= 0.6 is 23.2 Å². The normalized spacial score (nSPS) is 12.1. The number of hydrogen-bond acceptors (Lipinski definition) is 5. The van der Waals surface area contributed by atoms with E-state index < -0.39 is 17.9 Å². The molecule has 0 heterocycles. The molecule has 0 aliphatic heterocycles. The average Bonchev–Trinajstić information content (AvgIpc) is 2.65. The molecule has 0 unspecified atom stereocenters. The second-order valence-corrected chi connectivity index (χ2v) is 7.58. The third kappa shape index (κ3) is 8.75. The van der Waals surface area contributed by atoms with Crippen LogP contribution in [0.15, 0.2) is 18.2 Å². The van der Waals surface area contributed by atoms with Crippen molar-refractivity contribution in [1.82, 2.24) is 10.4 Å². The van der Waals surface area contributed by atoms with Gasteiger partial charge in [0.2, 0.25) is 11.8 Å². The summed E-state index contributed by atoms with van der Waals surface area (Å²) in [7, 11) is 0. The van der Waals surface area contributed by atoms with Gasteiger partial charge in [-0.2, -0.15) is 0 Å². The summed E-state index contributed by atoms with van der Waals surface area (Å²) < 4.78 is 5.09. The highest BCUT2D eigenvalue weighted by Gasteiger charge is 2.29. The zero-order chi connectivity index (χ0) is 21.1. The van der Waals surface area contributed by atoms with Gasteiger partial charge in [-0.05, 0) is 30.0 Å². The Hall–Kier alpha value is -1.38. The van der Waals surface area contributed by atoms with Crippen molar-refractivity contribution < 1.29 is 24.6 Å². The minimum atomic E-state index is -1.12. The first-order chi connectivity index (χ1) is 13.3. The lowest BCUT2D eigenvalue weighted by atomic mass is 10.0. The topological polar surface area (TPSA) is 99.1 Å². The summed E-state index contributed by atoms with van der Waals surface area (Å²) in [5, 5.41) is 22.9. The highest BCUT2D eigenvalue weighted by Crippen LogP contribution is 2.24. The summed E-state index contributed by atoms with van der Waals surface area (Å²) in [6, 6.07) is 3.76. The molecule has 9 heteroatoms. The summed E-state index contributed by atoms with van der Waals surface area (Å²) in [5.74, 6) is -0.743. The van der Waals surface area contributed by atoms with Crippen LogP contribution in [0.3, 0.4) is 0 Å². The fourth-order valence-electron chi connectivity index (χ4n) is 2.41. The van der Waals surface area contributed by atoms with Crippen LogP contribution in [0.2, 0.25) is 10.0 Å². The van der Waals surface area contributed by atoms with Crippen LogP contribution in [0.5, 0.6) is 0 Å². The van der Waals surface area contributed by atoms with Gasteiger partial charge in [-0.15, -0.1) is 0 Å². The molecule has 0 saturated carbocycles. The Kier molecular flexibility index (Phi) is 11.4. The molecular weight excluding hydrogens is 407 g/mol. The summed E-state index contributed by atoms with van der Waals surface area (Å²) in [4.78, 5) is 24.9. The van der Waals surface area contributed by atoms with Crippen LogP contribution in [0.25, 0.3) is 0 Å². The number of hydrogen-bond donors (Lipinski definition) is 3. The predicted molar refractivity (Wildman–Crippen MR) is 108 cm³/mol. The highest BCUT2D eigenvalue weighted by molar-refractivity contribution is 6.42. The van der Waals surface area contributed by atoms with Crippen molar-refractivity contribution in [2.45, 2.75) is 39.2 Å². The zero-order valence-electron chi connectivity index (χ0n) is 16.2. The number of carbonyl (C=O) groups is 2. The van der Waals surface area contributed by atoms with Gasteiger partial charge in [0.05, 0.1) is 29.9 Å². The molecule has 1 aromatic rings. The molecule has 1 atom stereocenters. The molecule has 0 aliphatic carbocycles. The standard InChI is InChI=1S/C19H28Cl2N2O5/c1-13(2)3-6-18(25)23(27)17(19(26)22-7-9-28-10-8-24)12-14-4-5-15(20)16(21)11-14/h4-5,11,13,17,24,27H,3,6-10,12H2,1-2H3,(H,22,26)/t17-/m0/s1. The van der Waals surface area contributed by atoms with Gasteiger partial charge in [0.1, 0.15) is 6.04 Å². The second-order valence-electron chi connectivity index (χ2n) is 6.77. The molecule has 0 bridgehead atoms. The zero-order valence-corrected chi connectivity index (χ0v) is 17.7. The molecule has 7 nitrogen and oxygen atoms in total. The van der Waals surface area contributed by atoms with Gasteiger partial charge in [-0.25, -0.2) is 5.06 Å². The van der Waals surface area contributed by atoms with E-state index in [4.69, 9.17) is 33.0 Å². The van der Waals surface area contributed by atoms with Crippen molar-refractivity contribution in [3.63, 3.8) is 0 Å². The monoisotopic (exact) mass is 434 g/mol. The Balaban J connectivity index is 2.83. The fourth-order valence-corrected chi connectivity index (χ4v) is 2.73. The fraction of sp³-hybridized carbons (Fsp3) is 0.579. The molecule has 0 aliphatic rings. The molecule has 0 fully saturated rings. The molecule has 3 N–H and O–H groups in total. The number of nitrogens with one attached hydrogen (secondary N) is 1. The number of hydroxylamine groups is 2. The SMILES string of the molecule is CC(C)CCC(=O)N(O)[C@@H](Cc1ccc(Cl)c(Cl)c1)C(=O)NCCOCCO. The smallest absolute Gasteiger partial charge is 0.246 e. The Labute approximate surface area is 175 Å². The van der Waals surface area contributed by atoms with Gasteiger partial charge in [0.25, 0.3) is 0 Å². The lowest BCUT2D eigenvalue weighted by Gasteiger charge is -2.26. The van der Waals surface area contributed by atoms with E-state index in [-0.39, 0.29) is 39.2 Å². The average molecular weight is 435 g/mol. The van der Waals surface area contributed by atoms with E-state index in [9.17, 15) is 14.8 Å². The molecule has 0 spiro atoms. The number of benzene rings is 1. The highest BCUT2D eigenvalue weighted by atomic mass is 35.5. The summed E-state index contributed by atoms with van der Waals surface area (Å²) >= 11 is 11.9. The van der Waals surface area contributed by atoms with E-state index in [2.05, 4.69) is 5.32 Å². The van der Waals surface area contributed by atoms with Crippen molar-refractivity contribution in [3.8, 4) is 0 Å². The Bertz CT molecular complexity index is 643. The van der Waals surface area contributed by atoms with E-state index in [1.165, 1.54) is 0 Å². The van der Waals surface area contributed by atoms with Gasteiger partial charge in [-0.1, -0.05) is 43.1 Å². The van der Waals surface area contributed by atoms with Crippen LogP contribution in [0, 0.1) is 5.92 Å². The van der Waals surface area contributed by atoms with Crippen molar-refractivity contribution >= 4 is 35.0 Å².